The van der Waals surface area contributed by atoms with E-state index >= 15 is 0 Å². The minimum atomic E-state index is -0.297. The van der Waals surface area contributed by atoms with Gasteiger partial charge in [-0.25, -0.2) is 5.48 Å². The summed E-state index contributed by atoms with van der Waals surface area (Å²) in [6.45, 7) is 3.70. The van der Waals surface area contributed by atoms with E-state index in [1.54, 1.807) is 0 Å². The zero-order chi connectivity index (χ0) is 9.03. The number of carbonyl (C=O) groups is 1. The highest BCUT2D eigenvalue weighted by atomic mass is 16.6. The molecule has 0 saturated carbocycles. The molecule has 1 unspecified atom stereocenters. The summed E-state index contributed by atoms with van der Waals surface area (Å²) in [5.41, 5.74) is 2.08. The van der Waals surface area contributed by atoms with Crippen LogP contribution in [0.15, 0.2) is 0 Å². The van der Waals surface area contributed by atoms with Gasteiger partial charge in [0, 0.05) is 6.54 Å². The van der Waals surface area contributed by atoms with Crippen molar-refractivity contribution in [1.82, 2.24) is 10.8 Å². The van der Waals surface area contributed by atoms with Crippen LogP contribution in [0.3, 0.4) is 0 Å². The second-order valence-electron chi connectivity index (χ2n) is 3.48. The maximum absolute atomic E-state index is 11.4. The van der Waals surface area contributed by atoms with E-state index in [4.69, 9.17) is 0 Å². The first-order chi connectivity index (χ1) is 5.69. The summed E-state index contributed by atoms with van der Waals surface area (Å²) in [6, 6.07) is 0. The molecule has 1 saturated heterocycles. The maximum Gasteiger partial charge on any atom is 0.250 e. The summed E-state index contributed by atoms with van der Waals surface area (Å²) in [5, 5.41) is 3.20. The molecule has 1 rings (SSSR count). The van der Waals surface area contributed by atoms with Gasteiger partial charge in [-0.3, -0.25) is 9.63 Å². The second kappa shape index (κ2) is 3.87. The van der Waals surface area contributed by atoms with Crippen molar-refractivity contribution in [2.45, 2.75) is 19.8 Å². The Morgan fingerprint density at radius 2 is 2.42 bits per heavy atom. The van der Waals surface area contributed by atoms with Crippen LogP contribution in [0.1, 0.15) is 19.8 Å². The first kappa shape index (κ1) is 9.48. The summed E-state index contributed by atoms with van der Waals surface area (Å²) < 4.78 is 0. The van der Waals surface area contributed by atoms with Gasteiger partial charge in [0.2, 0.25) is 0 Å². The molecule has 4 nitrogen and oxygen atoms in total. The van der Waals surface area contributed by atoms with E-state index in [1.807, 2.05) is 6.92 Å². The van der Waals surface area contributed by atoms with E-state index in [-0.39, 0.29) is 11.3 Å². The van der Waals surface area contributed by atoms with Crippen molar-refractivity contribution in [2.24, 2.45) is 5.41 Å². The van der Waals surface area contributed by atoms with Crippen molar-refractivity contribution in [2.75, 3.05) is 20.2 Å². The number of nitrogens with one attached hydrogen (secondary N) is 2. The molecule has 1 atom stereocenters. The Balaban J connectivity index is 2.50. The lowest BCUT2D eigenvalue weighted by Crippen LogP contribution is -2.48. The van der Waals surface area contributed by atoms with E-state index in [0.29, 0.717) is 0 Å². The van der Waals surface area contributed by atoms with Crippen LogP contribution in [-0.2, 0) is 9.63 Å². The Morgan fingerprint density at radius 1 is 1.67 bits per heavy atom. The molecule has 1 aliphatic heterocycles. The van der Waals surface area contributed by atoms with E-state index in [2.05, 4.69) is 15.6 Å². The summed E-state index contributed by atoms with van der Waals surface area (Å²) in [4.78, 5) is 16.0. The topological polar surface area (TPSA) is 50.4 Å². The molecule has 0 bridgehead atoms. The summed E-state index contributed by atoms with van der Waals surface area (Å²) in [5.74, 6) is -0.0304. The third-order valence-electron chi connectivity index (χ3n) is 2.34. The van der Waals surface area contributed by atoms with E-state index in [0.717, 1.165) is 25.9 Å². The molecular weight excluding hydrogens is 156 g/mol. The summed E-state index contributed by atoms with van der Waals surface area (Å²) >= 11 is 0. The van der Waals surface area contributed by atoms with Gasteiger partial charge >= 0.3 is 0 Å². The van der Waals surface area contributed by atoms with Crippen LogP contribution in [-0.4, -0.2) is 26.1 Å². The second-order valence-corrected chi connectivity index (χ2v) is 3.48. The highest BCUT2D eigenvalue weighted by molar-refractivity contribution is 5.81. The smallest absolute Gasteiger partial charge is 0.250 e. The van der Waals surface area contributed by atoms with Crippen LogP contribution in [0.4, 0.5) is 0 Å². The SMILES string of the molecule is CONC(=O)C1(C)CCCNC1. The van der Waals surface area contributed by atoms with Gasteiger partial charge in [0.25, 0.3) is 5.91 Å². The third kappa shape index (κ3) is 1.95. The van der Waals surface area contributed by atoms with Crippen LogP contribution in [0.5, 0.6) is 0 Å². The minimum absolute atomic E-state index is 0.0304. The first-order valence-corrected chi connectivity index (χ1v) is 4.23. The van der Waals surface area contributed by atoms with E-state index in [1.165, 1.54) is 7.11 Å². The molecule has 4 heteroatoms. The van der Waals surface area contributed by atoms with Crippen LogP contribution >= 0.6 is 0 Å². The van der Waals surface area contributed by atoms with Gasteiger partial charge in [-0.1, -0.05) is 0 Å². The molecule has 1 heterocycles. The lowest BCUT2D eigenvalue weighted by molar-refractivity contribution is -0.142. The van der Waals surface area contributed by atoms with Crippen LogP contribution < -0.4 is 10.8 Å². The largest absolute Gasteiger partial charge is 0.316 e. The lowest BCUT2D eigenvalue weighted by Gasteiger charge is -2.31. The average Bonchev–Trinajstić information content (AvgIpc) is 2.06. The van der Waals surface area contributed by atoms with Crippen molar-refractivity contribution in [3.63, 3.8) is 0 Å². The summed E-state index contributed by atoms with van der Waals surface area (Å²) in [6.07, 6.45) is 1.98. The van der Waals surface area contributed by atoms with Crippen molar-refractivity contribution >= 4 is 5.91 Å². The van der Waals surface area contributed by atoms with Crippen molar-refractivity contribution in [3.05, 3.63) is 0 Å². The molecule has 1 aliphatic rings. The lowest BCUT2D eigenvalue weighted by atomic mass is 9.82. The quantitative estimate of drug-likeness (QED) is 0.579. The molecule has 12 heavy (non-hydrogen) atoms. The van der Waals surface area contributed by atoms with E-state index in [9.17, 15) is 4.79 Å². The van der Waals surface area contributed by atoms with Crippen LogP contribution in [0.2, 0.25) is 0 Å². The third-order valence-corrected chi connectivity index (χ3v) is 2.34. The molecule has 0 aliphatic carbocycles. The van der Waals surface area contributed by atoms with Gasteiger partial charge < -0.3 is 5.32 Å². The summed E-state index contributed by atoms with van der Waals surface area (Å²) in [7, 11) is 1.46. The normalized spacial score (nSPS) is 29.8. The molecule has 0 aromatic rings. The van der Waals surface area contributed by atoms with Gasteiger partial charge in [0.15, 0.2) is 0 Å². The van der Waals surface area contributed by atoms with Gasteiger partial charge in [0.1, 0.15) is 0 Å². The van der Waals surface area contributed by atoms with Crippen molar-refractivity contribution in [1.29, 1.82) is 0 Å². The molecule has 0 aromatic carbocycles. The Bertz CT molecular complexity index is 164. The predicted octanol–water partition coefficient (Wildman–Crippen LogP) is 0.0537. The number of hydrogen-bond acceptors (Lipinski definition) is 3. The van der Waals surface area contributed by atoms with Crippen molar-refractivity contribution in [3.8, 4) is 0 Å². The van der Waals surface area contributed by atoms with E-state index < -0.39 is 0 Å². The zero-order valence-corrected chi connectivity index (χ0v) is 7.64. The molecule has 2 N–H and O–H groups in total. The number of amides is 1. The fourth-order valence-corrected chi connectivity index (χ4v) is 1.47. The molecular formula is C8H16N2O2. The molecule has 0 aromatic heterocycles. The number of hydrogen-bond donors (Lipinski definition) is 2. The van der Waals surface area contributed by atoms with Crippen LogP contribution in [0.25, 0.3) is 0 Å². The molecule has 1 amide bonds. The maximum atomic E-state index is 11.4. The highest BCUT2D eigenvalue weighted by Gasteiger charge is 2.34. The number of carbonyl (C=O) groups excluding carboxylic acids is 1. The molecule has 0 radical (unpaired) electrons. The molecule has 0 spiro atoms. The Labute approximate surface area is 72.6 Å². The average molecular weight is 172 g/mol. The Hall–Kier alpha value is -0.610. The first-order valence-electron chi connectivity index (χ1n) is 4.23. The van der Waals surface area contributed by atoms with Gasteiger partial charge in [0.05, 0.1) is 12.5 Å². The zero-order valence-electron chi connectivity index (χ0n) is 7.64. The van der Waals surface area contributed by atoms with Crippen molar-refractivity contribution < 1.29 is 9.63 Å². The monoisotopic (exact) mass is 172 g/mol. The standard InChI is InChI=1S/C8H16N2O2/c1-8(7(11)10-12-2)4-3-5-9-6-8/h9H,3-6H2,1-2H3,(H,10,11). The predicted molar refractivity (Wildman–Crippen MR) is 45.4 cm³/mol. The fourth-order valence-electron chi connectivity index (χ4n) is 1.47. The number of hydroxylamine groups is 1. The molecule has 70 valence electrons. The van der Waals surface area contributed by atoms with Crippen LogP contribution in [0, 0.1) is 5.41 Å². The van der Waals surface area contributed by atoms with Gasteiger partial charge in [-0.15, -0.1) is 0 Å². The number of rotatable bonds is 2. The Kier molecular flexibility index (Phi) is 3.05. The molecule has 1 fully saturated rings. The highest BCUT2D eigenvalue weighted by Crippen LogP contribution is 2.25. The fraction of sp³-hybridized carbons (Fsp3) is 0.875. The van der Waals surface area contributed by atoms with Gasteiger partial charge in [-0.2, -0.15) is 0 Å². The van der Waals surface area contributed by atoms with Gasteiger partial charge in [-0.05, 0) is 26.3 Å². The Morgan fingerprint density at radius 3 is 2.92 bits per heavy atom. The number of piperidine rings is 1. The minimum Gasteiger partial charge on any atom is -0.316 e.